The molecule has 0 saturated heterocycles. The smallest absolute Gasteiger partial charge is 0.253 e. The first-order chi connectivity index (χ1) is 12.5. The first-order valence-corrected chi connectivity index (χ1v) is 8.84. The zero-order valence-electron chi connectivity index (χ0n) is 15.7. The van der Waals surface area contributed by atoms with E-state index >= 15 is 0 Å². The van der Waals surface area contributed by atoms with Crippen LogP contribution in [0, 0.1) is 6.92 Å². The molecule has 0 N–H and O–H groups in total. The van der Waals surface area contributed by atoms with Crippen molar-refractivity contribution in [2.75, 3.05) is 0 Å². The van der Waals surface area contributed by atoms with Gasteiger partial charge in [-0.05, 0) is 49.6 Å². The summed E-state index contributed by atoms with van der Waals surface area (Å²) in [6.45, 7) is 5.88. The van der Waals surface area contributed by atoms with Crippen molar-refractivity contribution in [2.45, 2.75) is 33.6 Å². The Kier molecular flexibility index (Phi) is 5.16. The van der Waals surface area contributed by atoms with Crippen LogP contribution in [0.4, 0.5) is 0 Å². The van der Waals surface area contributed by atoms with Gasteiger partial charge in [-0.2, -0.15) is 0 Å². The molecule has 0 spiro atoms. The molecule has 0 fully saturated rings. The van der Waals surface area contributed by atoms with Crippen LogP contribution in [0.15, 0.2) is 58.3 Å². The van der Waals surface area contributed by atoms with Gasteiger partial charge < -0.3 is 8.97 Å². The molecule has 3 rings (SSSR count). The number of hydrogen-bond acceptors (Lipinski definition) is 3. The van der Waals surface area contributed by atoms with Crippen LogP contribution in [-0.4, -0.2) is 20.2 Å². The second-order valence-corrected chi connectivity index (χ2v) is 6.39. The topological polar surface area (TPSA) is 51.7 Å². The zero-order valence-corrected chi connectivity index (χ0v) is 15.7. The Bertz CT molecular complexity index is 1030. The molecule has 5 heteroatoms. The monoisotopic (exact) mass is 348 g/mol. The third-order valence-electron chi connectivity index (χ3n) is 4.37. The maximum Gasteiger partial charge on any atom is 0.253 e. The van der Waals surface area contributed by atoms with Crippen molar-refractivity contribution in [1.82, 2.24) is 14.0 Å². The molecule has 0 atom stereocenters. The molecule has 5 nitrogen and oxygen atoms in total. The Morgan fingerprint density at radius 3 is 2.77 bits per heavy atom. The molecule has 3 heterocycles. The number of aryl methyl sites for hydroxylation is 2. The summed E-state index contributed by atoms with van der Waals surface area (Å²) >= 11 is 0. The highest BCUT2D eigenvalue weighted by molar-refractivity contribution is 5.64. The van der Waals surface area contributed by atoms with E-state index in [4.69, 9.17) is 0 Å². The van der Waals surface area contributed by atoms with Crippen molar-refractivity contribution in [3.8, 4) is 11.1 Å². The largest absolute Gasteiger partial charge is 0.318 e. The first kappa shape index (κ1) is 17.9. The second kappa shape index (κ2) is 7.52. The minimum atomic E-state index is 0.0323. The fourth-order valence-corrected chi connectivity index (χ4v) is 3.13. The lowest BCUT2D eigenvalue weighted by molar-refractivity contribution is 0.850. The number of nitrogens with zero attached hydrogens (tertiary/aromatic N) is 4. The van der Waals surface area contributed by atoms with Crippen LogP contribution in [0.1, 0.15) is 31.5 Å². The first-order valence-electron chi connectivity index (χ1n) is 8.84. The van der Waals surface area contributed by atoms with Crippen LogP contribution in [0.5, 0.6) is 0 Å². The van der Waals surface area contributed by atoms with Crippen LogP contribution in [-0.2, 0) is 13.5 Å². The molecule has 0 aromatic carbocycles. The molecular formula is C21H24N4O. The number of imidazole rings is 1. The summed E-state index contributed by atoms with van der Waals surface area (Å²) in [6, 6.07) is 5.98. The van der Waals surface area contributed by atoms with E-state index in [1.54, 1.807) is 11.6 Å². The average molecular weight is 348 g/mol. The van der Waals surface area contributed by atoms with Crippen LogP contribution in [0.3, 0.4) is 0 Å². The minimum absolute atomic E-state index is 0.0323. The van der Waals surface area contributed by atoms with Crippen molar-refractivity contribution < 1.29 is 0 Å². The fraction of sp³-hybridized carbons (Fsp3) is 0.286. The highest BCUT2D eigenvalue weighted by Crippen LogP contribution is 2.21. The van der Waals surface area contributed by atoms with Gasteiger partial charge >= 0.3 is 0 Å². The Labute approximate surface area is 153 Å². The number of aromatic nitrogens is 3. The van der Waals surface area contributed by atoms with E-state index in [2.05, 4.69) is 33.6 Å². The minimum Gasteiger partial charge on any atom is -0.318 e. The maximum atomic E-state index is 11.9. The lowest BCUT2D eigenvalue weighted by Gasteiger charge is -2.08. The molecular weight excluding hydrogens is 324 g/mol. The van der Waals surface area contributed by atoms with Gasteiger partial charge in [0.1, 0.15) is 5.65 Å². The standard InChI is InChI=1S/C21H24N4O/c1-5-7-18(22-6-2)11-19-12-23-20-9-8-16(14-25(19)20)17-10-15(3)21(26)24(4)13-17/h6-10,12-14H,5,11H2,1-4H3/b18-7-,22-6-. The van der Waals surface area contributed by atoms with Gasteiger partial charge in [-0.1, -0.05) is 13.0 Å². The Hall–Kier alpha value is -2.95. The number of rotatable bonds is 5. The molecule has 0 aliphatic heterocycles. The predicted octanol–water partition coefficient (Wildman–Crippen LogP) is 3.94. The van der Waals surface area contributed by atoms with Crippen LogP contribution in [0.25, 0.3) is 16.8 Å². The Morgan fingerprint density at radius 1 is 1.27 bits per heavy atom. The quantitative estimate of drug-likeness (QED) is 0.656. The van der Waals surface area contributed by atoms with Crippen molar-refractivity contribution in [1.29, 1.82) is 0 Å². The molecule has 0 unspecified atom stereocenters. The molecule has 0 amide bonds. The van der Waals surface area contributed by atoms with E-state index < -0.39 is 0 Å². The summed E-state index contributed by atoms with van der Waals surface area (Å²) in [6.07, 6.45) is 11.5. The molecule has 3 aromatic heterocycles. The van der Waals surface area contributed by atoms with E-state index in [1.165, 1.54) is 0 Å². The molecule has 0 aliphatic carbocycles. The molecule has 0 bridgehead atoms. The van der Waals surface area contributed by atoms with Gasteiger partial charge in [0.25, 0.3) is 5.56 Å². The number of pyridine rings is 2. The highest BCUT2D eigenvalue weighted by Gasteiger charge is 2.09. The van der Waals surface area contributed by atoms with Gasteiger partial charge in [0.15, 0.2) is 0 Å². The molecule has 26 heavy (non-hydrogen) atoms. The van der Waals surface area contributed by atoms with Crippen LogP contribution >= 0.6 is 0 Å². The number of allylic oxidation sites excluding steroid dienone is 2. The summed E-state index contributed by atoms with van der Waals surface area (Å²) in [4.78, 5) is 20.9. The number of fused-ring (bicyclic) bond motifs is 1. The SMILES string of the molecule is C/C=N\C(=C/CC)Cc1cnc2ccc(-c3cc(C)c(=O)n(C)c3)cn12. The number of aliphatic imine (C=N–C) groups is 1. The average Bonchev–Trinajstić information content (AvgIpc) is 3.02. The normalized spacial score (nSPS) is 12.4. The van der Waals surface area contributed by atoms with Crippen LogP contribution in [0.2, 0.25) is 0 Å². The van der Waals surface area contributed by atoms with E-state index in [-0.39, 0.29) is 5.56 Å². The van der Waals surface area contributed by atoms with Crippen molar-refractivity contribution >= 4 is 11.9 Å². The Morgan fingerprint density at radius 2 is 2.08 bits per heavy atom. The molecule has 134 valence electrons. The summed E-state index contributed by atoms with van der Waals surface area (Å²) in [5.41, 5.74) is 5.87. The fourth-order valence-electron chi connectivity index (χ4n) is 3.13. The van der Waals surface area contributed by atoms with E-state index in [0.29, 0.717) is 0 Å². The third-order valence-corrected chi connectivity index (χ3v) is 4.37. The predicted molar refractivity (Wildman–Crippen MR) is 107 cm³/mol. The zero-order chi connectivity index (χ0) is 18.7. The third kappa shape index (κ3) is 3.52. The summed E-state index contributed by atoms with van der Waals surface area (Å²) < 4.78 is 3.73. The maximum absolute atomic E-state index is 11.9. The lowest BCUT2D eigenvalue weighted by Crippen LogP contribution is -2.18. The van der Waals surface area contributed by atoms with Gasteiger partial charge in [-0.25, -0.2) is 4.98 Å². The van der Waals surface area contributed by atoms with Gasteiger partial charge in [0.2, 0.25) is 0 Å². The van der Waals surface area contributed by atoms with E-state index in [9.17, 15) is 4.79 Å². The van der Waals surface area contributed by atoms with Gasteiger partial charge in [-0.3, -0.25) is 9.79 Å². The number of hydrogen-bond donors (Lipinski definition) is 0. The van der Waals surface area contributed by atoms with Crippen LogP contribution < -0.4 is 5.56 Å². The van der Waals surface area contributed by atoms with Gasteiger partial charge in [0, 0.05) is 55.2 Å². The van der Waals surface area contributed by atoms with Crippen molar-refractivity contribution in [2.24, 2.45) is 12.0 Å². The molecule has 0 saturated carbocycles. The summed E-state index contributed by atoms with van der Waals surface area (Å²) in [7, 11) is 1.78. The van der Waals surface area contributed by atoms with Gasteiger partial charge in [-0.15, -0.1) is 0 Å². The van der Waals surface area contributed by atoms with E-state index in [0.717, 1.165) is 46.6 Å². The second-order valence-electron chi connectivity index (χ2n) is 6.39. The molecule has 3 aromatic rings. The molecule has 0 radical (unpaired) electrons. The van der Waals surface area contributed by atoms with Crippen molar-refractivity contribution in [3.05, 3.63) is 70.2 Å². The Balaban J connectivity index is 2.06. The summed E-state index contributed by atoms with van der Waals surface area (Å²) in [5.74, 6) is 0. The lowest BCUT2D eigenvalue weighted by atomic mass is 10.1. The molecule has 0 aliphatic rings. The van der Waals surface area contributed by atoms with E-state index in [1.807, 2.05) is 50.7 Å². The highest BCUT2D eigenvalue weighted by atomic mass is 16.1. The summed E-state index contributed by atoms with van der Waals surface area (Å²) in [5, 5.41) is 0. The van der Waals surface area contributed by atoms with Gasteiger partial charge in [0.05, 0.1) is 0 Å². The van der Waals surface area contributed by atoms with Crippen molar-refractivity contribution in [3.63, 3.8) is 0 Å².